The lowest BCUT2D eigenvalue weighted by Crippen LogP contribution is -2.48. The van der Waals surface area contributed by atoms with Crippen LogP contribution in [0.3, 0.4) is 0 Å². The van der Waals surface area contributed by atoms with Gasteiger partial charge in [-0.25, -0.2) is 0 Å². The van der Waals surface area contributed by atoms with Crippen LogP contribution in [0.25, 0.3) is 0 Å². The Hall–Kier alpha value is -1.35. The number of aliphatic hydroxyl groups excluding tert-OH is 1. The molecule has 0 spiro atoms. The van der Waals surface area contributed by atoms with Gasteiger partial charge in [-0.3, -0.25) is 4.79 Å². The molecular weight excluding hydrogens is 226 g/mol. The number of carbonyl (C=O) groups excluding carboxylic acids is 1. The number of benzene rings is 1. The molecule has 1 aromatic rings. The molecule has 1 aliphatic rings. The zero-order valence-electron chi connectivity index (χ0n) is 11.3. The topological polar surface area (TPSA) is 40.5 Å². The van der Waals surface area contributed by atoms with Crippen molar-refractivity contribution in [1.29, 1.82) is 0 Å². The molecule has 0 aromatic heterocycles. The van der Waals surface area contributed by atoms with E-state index in [2.05, 4.69) is 18.7 Å². The van der Waals surface area contributed by atoms with E-state index < -0.39 is 0 Å². The van der Waals surface area contributed by atoms with Gasteiger partial charge in [0.2, 0.25) is 0 Å². The van der Waals surface area contributed by atoms with Crippen LogP contribution in [-0.2, 0) is 0 Å². The second-order valence-electron chi connectivity index (χ2n) is 5.82. The minimum absolute atomic E-state index is 0.0909. The third kappa shape index (κ3) is 2.56. The molecule has 1 aliphatic heterocycles. The highest BCUT2D eigenvalue weighted by molar-refractivity contribution is 5.94. The number of nitrogens with zero attached hydrogens (tertiary/aromatic N) is 1. The Balaban J connectivity index is 2.22. The average Bonchev–Trinajstić information content (AvgIpc) is 2.33. The Bertz CT molecular complexity index is 454. The van der Waals surface area contributed by atoms with E-state index >= 15 is 0 Å². The average molecular weight is 247 g/mol. The monoisotopic (exact) mass is 247 g/mol. The molecule has 2 rings (SSSR count). The summed E-state index contributed by atoms with van der Waals surface area (Å²) in [6, 6.07) is 7.73. The number of Topliss-reactive ketones (excluding diaryl/α,β-unsaturated/α-hetero) is 1. The van der Waals surface area contributed by atoms with Crippen LogP contribution >= 0.6 is 0 Å². The van der Waals surface area contributed by atoms with Crippen molar-refractivity contribution in [3.05, 3.63) is 29.8 Å². The van der Waals surface area contributed by atoms with Crippen molar-refractivity contribution >= 4 is 11.5 Å². The Morgan fingerprint density at radius 2 is 2.17 bits per heavy atom. The quantitative estimate of drug-likeness (QED) is 0.816. The molecule has 0 bridgehead atoms. The molecule has 1 atom stereocenters. The first kappa shape index (κ1) is 13.1. The third-order valence-corrected chi connectivity index (χ3v) is 3.79. The van der Waals surface area contributed by atoms with Crippen molar-refractivity contribution in [1.82, 2.24) is 0 Å². The largest absolute Gasteiger partial charge is 0.392 e. The Morgan fingerprint density at radius 1 is 1.44 bits per heavy atom. The molecule has 3 nitrogen and oxygen atoms in total. The van der Waals surface area contributed by atoms with Crippen molar-refractivity contribution in [2.24, 2.45) is 5.41 Å². The van der Waals surface area contributed by atoms with E-state index in [1.54, 1.807) is 6.92 Å². The molecule has 0 radical (unpaired) electrons. The van der Waals surface area contributed by atoms with Crippen molar-refractivity contribution in [2.45, 2.75) is 33.3 Å². The lowest BCUT2D eigenvalue weighted by Gasteiger charge is -2.43. The molecule has 18 heavy (non-hydrogen) atoms. The maximum Gasteiger partial charge on any atom is 0.159 e. The van der Waals surface area contributed by atoms with Gasteiger partial charge >= 0.3 is 0 Å². The molecule has 0 aliphatic carbocycles. The Labute approximate surface area is 108 Å². The van der Waals surface area contributed by atoms with E-state index in [-0.39, 0.29) is 17.3 Å². The molecular formula is C15H21NO2. The standard InChI is InChI=1S/C15H21NO2/c1-11(17)12-5-4-6-13(9-12)16-8-7-14(18)15(2,3)10-16/h4-6,9,14,18H,7-8,10H2,1-3H3. The van der Waals surface area contributed by atoms with Crippen LogP contribution in [0.5, 0.6) is 0 Å². The summed E-state index contributed by atoms with van der Waals surface area (Å²) in [5, 5.41) is 9.96. The summed E-state index contributed by atoms with van der Waals surface area (Å²) in [5.74, 6) is 0.0909. The van der Waals surface area contributed by atoms with E-state index in [0.29, 0.717) is 0 Å². The molecule has 1 N–H and O–H groups in total. The van der Waals surface area contributed by atoms with Gasteiger partial charge < -0.3 is 10.0 Å². The molecule has 98 valence electrons. The number of piperidine rings is 1. The predicted molar refractivity (Wildman–Crippen MR) is 73.1 cm³/mol. The van der Waals surface area contributed by atoms with Gasteiger partial charge in [0.15, 0.2) is 5.78 Å². The number of hydrogen-bond donors (Lipinski definition) is 1. The molecule has 3 heteroatoms. The summed E-state index contributed by atoms with van der Waals surface area (Å²) in [6.45, 7) is 7.40. The fraction of sp³-hybridized carbons (Fsp3) is 0.533. The first-order chi connectivity index (χ1) is 8.40. The number of rotatable bonds is 2. The molecule has 0 saturated carbocycles. The van der Waals surface area contributed by atoms with Gasteiger partial charge in [-0.1, -0.05) is 26.0 Å². The fourth-order valence-electron chi connectivity index (χ4n) is 2.49. The van der Waals surface area contributed by atoms with Crippen LogP contribution < -0.4 is 4.90 Å². The molecule has 1 aromatic carbocycles. The van der Waals surface area contributed by atoms with Crippen LogP contribution in [0.2, 0.25) is 0 Å². The van der Waals surface area contributed by atoms with Gasteiger partial charge in [-0.15, -0.1) is 0 Å². The molecule has 1 saturated heterocycles. The highest BCUT2D eigenvalue weighted by atomic mass is 16.3. The summed E-state index contributed by atoms with van der Waals surface area (Å²) >= 11 is 0. The summed E-state index contributed by atoms with van der Waals surface area (Å²) in [7, 11) is 0. The number of aliphatic hydroxyl groups is 1. The minimum Gasteiger partial charge on any atom is -0.392 e. The van der Waals surface area contributed by atoms with Gasteiger partial charge in [-0.05, 0) is 25.5 Å². The van der Waals surface area contributed by atoms with E-state index in [1.807, 2.05) is 24.3 Å². The maximum absolute atomic E-state index is 11.4. The third-order valence-electron chi connectivity index (χ3n) is 3.79. The Kier molecular flexibility index (Phi) is 3.44. The van der Waals surface area contributed by atoms with Crippen LogP contribution in [0, 0.1) is 5.41 Å². The second-order valence-corrected chi connectivity index (χ2v) is 5.82. The van der Waals surface area contributed by atoms with E-state index in [4.69, 9.17) is 0 Å². The van der Waals surface area contributed by atoms with E-state index in [0.717, 1.165) is 30.8 Å². The van der Waals surface area contributed by atoms with Crippen molar-refractivity contribution in [3.8, 4) is 0 Å². The van der Waals surface area contributed by atoms with Crippen LogP contribution in [0.15, 0.2) is 24.3 Å². The highest BCUT2D eigenvalue weighted by Gasteiger charge is 2.34. The Morgan fingerprint density at radius 3 is 2.78 bits per heavy atom. The van der Waals surface area contributed by atoms with Crippen molar-refractivity contribution < 1.29 is 9.90 Å². The van der Waals surface area contributed by atoms with Crippen LogP contribution in [0.1, 0.15) is 37.6 Å². The lowest BCUT2D eigenvalue weighted by molar-refractivity contribution is 0.0336. The fourth-order valence-corrected chi connectivity index (χ4v) is 2.49. The van der Waals surface area contributed by atoms with E-state index in [1.165, 1.54) is 0 Å². The number of ketones is 1. The van der Waals surface area contributed by atoms with Crippen LogP contribution in [0.4, 0.5) is 5.69 Å². The SMILES string of the molecule is CC(=O)c1cccc(N2CCC(O)C(C)(C)C2)c1. The first-order valence-electron chi connectivity index (χ1n) is 6.44. The summed E-state index contributed by atoms with van der Waals surface area (Å²) in [4.78, 5) is 13.7. The molecule has 1 unspecified atom stereocenters. The van der Waals surface area contributed by atoms with Gasteiger partial charge in [0.1, 0.15) is 0 Å². The number of hydrogen-bond acceptors (Lipinski definition) is 3. The molecule has 1 heterocycles. The smallest absolute Gasteiger partial charge is 0.159 e. The number of carbonyl (C=O) groups is 1. The molecule has 1 fully saturated rings. The van der Waals surface area contributed by atoms with Crippen molar-refractivity contribution in [2.75, 3.05) is 18.0 Å². The number of anilines is 1. The van der Waals surface area contributed by atoms with Gasteiger partial charge in [0, 0.05) is 29.8 Å². The second kappa shape index (κ2) is 4.73. The lowest BCUT2D eigenvalue weighted by atomic mass is 9.81. The normalized spacial score (nSPS) is 22.9. The zero-order valence-corrected chi connectivity index (χ0v) is 11.3. The van der Waals surface area contributed by atoms with Gasteiger partial charge in [0.05, 0.1) is 6.10 Å². The van der Waals surface area contributed by atoms with Crippen LogP contribution in [-0.4, -0.2) is 30.1 Å². The first-order valence-corrected chi connectivity index (χ1v) is 6.44. The zero-order chi connectivity index (χ0) is 13.3. The van der Waals surface area contributed by atoms with Crippen molar-refractivity contribution in [3.63, 3.8) is 0 Å². The van der Waals surface area contributed by atoms with Gasteiger partial charge in [-0.2, -0.15) is 0 Å². The summed E-state index contributed by atoms with van der Waals surface area (Å²) in [5.41, 5.74) is 1.71. The minimum atomic E-state index is -0.246. The maximum atomic E-state index is 11.4. The summed E-state index contributed by atoms with van der Waals surface area (Å²) in [6.07, 6.45) is 0.529. The van der Waals surface area contributed by atoms with E-state index in [9.17, 15) is 9.90 Å². The van der Waals surface area contributed by atoms with Gasteiger partial charge in [0.25, 0.3) is 0 Å². The predicted octanol–water partition coefficient (Wildman–Crippen LogP) is 2.49. The summed E-state index contributed by atoms with van der Waals surface area (Å²) < 4.78 is 0. The molecule has 0 amide bonds. The highest BCUT2D eigenvalue weighted by Crippen LogP contribution is 2.32.